The molecule has 0 aliphatic heterocycles. The average Bonchev–Trinajstić information content (AvgIpc) is 2.31. The number of aryl methyl sites for hydroxylation is 2. The zero-order valence-corrected chi connectivity index (χ0v) is 7.82. The molecule has 1 heterocycles. The molecular weight excluding hydrogens is 156 g/mol. The van der Waals surface area contributed by atoms with Crippen LogP contribution in [0.15, 0.2) is 11.4 Å². The van der Waals surface area contributed by atoms with Crippen LogP contribution in [0.5, 0.6) is 0 Å². The third kappa shape index (κ3) is 2.64. The fourth-order valence-electron chi connectivity index (χ4n) is 1.04. The van der Waals surface area contributed by atoms with Crippen LogP contribution in [0.4, 0.5) is 0 Å². The summed E-state index contributed by atoms with van der Waals surface area (Å²) < 4.78 is 0. The number of hydrogen-bond donors (Lipinski definition) is 1. The van der Waals surface area contributed by atoms with E-state index >= 15 is 0 Å². The van der Waals surface area contributed by atoms with Crippen molar-refractivity contribution in [1.82, 2.24) is 0 Å². The van der Waals surface area contributed by atoms with E-state index in [0.29, 0.717) is 0 Å². The molecule has 0 amide bonds. The first-order valence-electron chi connectivity index (χ1n) is 3.91. The van der Waals surface area contributed by atoms with Gasteiger partial charge in [-0.15, -0.1) is 11.3 Å². The number of aliphatic hydroxyl groups is 1. The van der Waals surface area contributed by atoms with Crippen molar-refractivity contribution in [3.8, 4) is 0 Å². The maximum atomic E-state index is 9.05. The molecule has 0 aromatic carbocycles. The Bertz CT molecular complexity index is 215. The molecule has 0 saturated carbocycles. The highest BCUT2D eigenvalue weighted by atomic mass is 32.1. The van der Waals surface area contributed by atoms with Crippen molar-refractivity contribution < 1.29 is 5.11 Å². The van der Waals surface area contributed by atoms with Gasteiger partial charge in [-0.1, -0.05) is 0 Å². The molecule has 1 nitrogen and oxygen atoms in total. The van der Waals surface area contributed by atoms with Crippen molar-refractivity contribution in [2.45, 2.75) is 32.8 Å². The first-order valence-corrected chi connectivity index (χ1v) is 4.79. The summed E-state index contributed by atoms with van der Waals surface area (Å²) in [6, 6.07) is 2.14. The summed E-state index contributed by atoms with van der Waals surface area (Å²) in [5, 5.41) is 11.1. The molecule has 1 aromatic heterocycles. The van der Waals surface area contributed by atoms with Gasteiger partial charge in [0.15, 0.2) is 0 Å². The van der Waals surface area contributed by atoms with E-state index in [0.717, 1.165) is 12.8 Å². The second-order valence-electron chi connectivity index (χ2n) is 2.89. The number of aliphatic hydroxyl groups excluding tert-OH is 1. The predicted octanol–water partition coefficient (Wildman–Crippen LogP) is 2.37. The average molecular weight is 170 g/mol. The maximum absolute atomic E-state index is 9.05. The molecule has 0 fully saturated rings. The summed E-state index contributed by atoms with van der Waals surface area (Å²) in [4.78, 5) is 1.38. The first kappa shape index (κ1) is 8.75. The molecule has 0 radical (unpaired) electrons. The second kappa shape index (κ2) is 3.88. The Hall–Kier alpha value is -0.340. The number of thiophene rings is 1. The summed E-state index contributed by atoms with van der Waals surface area (Å²) in [5.41, 5.74) is 1.39. The minimum atomic E-state index is -0.172. The lowest BCUT2D eigenvalue weighted by molar-refractivity contribution is 0.185. The Morgan fingerprint density at radius 3 is 2.82 bits per heavy atom. The zero-order valence-electron chi connectivity index (χ0n) is 7.00. The molecule has 1 aromatic rings. The summed E-state index contributed by atoms with van der Waals surface area (Å²) in [6.45, 7) is 3.96. The van der Waals surface area contributed by atoms with Crippen molar-refractivity contribution >= 4 is 11.3 Å². The normalized spacial score (nSPS) is 13.4. The highest BCUT2D eigenvalue weighted by Crippen LogP contribution is 2.16. The van der Waals surface area contributed by atoms with Gasteiger partial charge in [-0.2, -0.15) is 0 Å². The van der Waals surface area contributed by atoms with Crippen LogP contribution >= 0.6 is 11.3 Å². The van der Waals surface area contributed by atoms with Gasteiger partial charge in [0, 0.05) is 4.88 Å². The Morgan fingerprint density at radius 2 is 2.36 bits per heavy atom. The van der Waals surface area contributed by atoms with E-state index in [-0.39, 0.29) is 6.10 Å². The summed E-state index contributed by atoms with van der Waals surface area (Å²) in [7, 11) is 0. The largest absolute Gasteiger partial charge is 0.393 e. The van der Waals surface area contributed by atoms with E-state index in [1.54, 1.807) is 11.3 Å². The third-order valence-corrected chi connectivity index (χ3v) is 2.69. The van der Waals surface area contributed by atoms with Gasteiger partial charge in [0.05, 0.1) is 6.10 Å². The minimum absolute atomic E-state index is 0.172. The third-order valence-electron chi connectivity index (χ3n) is 1.80. The van der Waals surface area contributed by atoms with Gasteiger partial charge >= 0.3 is 0 Å². The molecule has 0 bridgehead atoms. The number of hydrogen-bond acceptors (Lipinski definition) is 2. The summed E-state index contributed by atoms with van der Waals surface area (Å²) in [5.74, 6) is 0. The summed E-state index contributed by atoms with van der Waals surface area (Å²) in [6.07, 6.45) is 1.71. The first-order chi connectivity index (χ1) is 5.20. The molecule has 0 spiro atoms. The van der Waals surface area contributed by atoms with Crippen LogP contribution in [0.25, 0.3) is 0 Å². The van der Waals surface area contributed by atoms with Crippen molar-refractivity contribution in [2.75, 3.05) is 0 Å². The minimum Gasteiger partial charge on any atom is -0.393 e. The van der Waals surface area contributed by atoms with E-state index in [1.807, 2.05) is 6.92 Å². The molecule has 1 rings (SSSR count). The molecule has 0 saturated heterocycles. The highest BCUT2D eigenvalue weighted by molar-refractivity contribution is 7.10. The molecule has 1 atom stereocenters. The smallest absolute Gasteiger partial charge is 0.0515 e. The van der Waals surface area contributed by atoms with Crippen LogP contribution in [0.2, 0.25) is 0 Å². The molecule has 0 aliphatic rings. The SMILES string of the molecule is Cc1sccc1CCC(C)O. The molecule has 2 heteroatoms. The molecular formula is C9H14OS. The lowest BCUT2D eigenvalue weighted by Crippen LogP contribution is -2.01. The zero-order chi connectivity index (χ0) is 8.27. The lowest BCUT2D eigenvalue weighted by Gasteiger charge is -2.02. The van der Waals surface area contributed by atoms with E-state index in [2.05, 4.69) is 18.4 Å². The van der Waals surface area contributed by atoms with Crippen molar-refractivity contribution in [2.24, 2.45) is 0 Å². The van der Waals surface area contributed by atoms with Crippen molar-refractivity contribution in [3.63, 3.8) is 0 Å². The molecule has 0 aliphatic carbocycles. The van der Waals surface area contributed by atoms with Gasteiger partial charge in [0.1, 0.15) is 0 Å². The van der Waals surface area contributed by atoms with Gasteiger partial charge < -0.3 is 5.11 Å². The van der Waals surface area contributed by atoms with Crippen molar-refractivity contribution in [3.05, 3.63) is 21.9 Å². The van der Waals surface area contributed by atoms with Gasteiger partial charge in [0.2, 0.25) is 0 Å². The van der Waals surface area contributed by atoms with Crippen LogP contribution in [-0.4, -0.2) is 11.2 Å². The van der Waals surface area contributed by atoms with E-state index < -0.39 is 0 Å². The van der Waals surface area contributed by atoms with Gasteiger partial charge in [-0.3, -0.25) is 0 Å². The predicted molar refractivity (Wildman–Crippen MR) is 49.1 cm³/mol. The van der Waals surface area contributed by atoms with Gasteiger partial charge in [-0.05, 0) is 43.7 Å². The van der Waals surface area contributed by atoms with Crippen LogP contribution in [-0.2, 0) is 6.42 Å². The van der Waals surface area contributed by atoms with Crippen molar-refractivity contribution in [1.29, 1.82) is 0 Å². The Morgan fingerprint density at radius 1 is 1.64 bits per heavy atom. The fourth-order valence-corrected chi connectivity index (χ4v) is 1.79. The molecule has 62 valence electrons. The second-order valence-corrected chi connectivity index (χ2v) is 4.01. The van der Waals surface area contributed by atoms with Gasteiger partial charge in [-0.25, -0.2) is 0 Å². The topological polar surface area (TPSA) is 20.2 Å². The van der Waals surface area contributed by atoms with Crippen LogP contribution in [0, 0.1) is 6.92 Å². The van der Waals surface area contributed by atoms with Crippen LogP contribution in [0.3, 0.4) is 0 Å². The number of rotatable bonds is 3. The standard InChI is InChI=1S/C9H14OS/c1-7(10)3-4-9-5-6-11-8(9)2/h5-7,10H,3-4H2,1-2H3. The van der Waals surface area contributed by atoms with E-state index in [1.165, 1.54) is 10.4 Å². The Labute approximate surface area is 71.7 Å². The quantitative estimate of drug-likeness (QED) is 0.738. The molecule has 11 heavy (non-hydrogen) atoms. The monoisotopic (exact) mass is 170 g/mol. The fraction of sp³-hybridized carbons (Fsp3) is 0.556. The van der Waals surface area contributed by atoms with E-state index in [9.17, 15) is 0 Å². The summed E-state index contributed by atoms with van der Waals surface area (Å²) >= 11 is 1.77. The Kier molecular flexibility index (Phi) is 3.09. The lowest BCUT2D eigenvalue weighted by atomic mass is 10.1. The molecule has 1 unspecified atom stereocenters. The highest BCUT2D eigenvalue weighted by Gasteiger charge is 2.01. The Balaban J connectivity index is 2.44. The van der Waals surface area contributed by atoms with Crippen LogP contribution < -0.4 is 0 Å². The molecule has 1 N–H and O–H groups in total. The van der Waals surface area contributed by atoms with Crippen LogP contribution in [0.1, 0.15) is 23.8 Å². The maximum Gasteiger partial charge on any atom is 0.0515 e. The van der Waals surface area contributed by atoms with Gasteiger partial charge in [0.25, 0.3) is 0 Å². The van der Waals surface area contributed by atoms with E-state index in [4.69, 9.17) is 5.11 Å².